The molecule has 1 aliphatic rings. The van der Waals surface area contributed by atoms with Crippen molar-refractivity contribution in [2.75, 3.05) is 24.5 Å². The zero-order chi connectivity index (χ0) is 12.1. The average Bonchev–Trinajstić information content (AvgIpc) is 2.37. The highest BCUT2D eigenvalue weighted by atomic mass is 15.2. The topological polar surface area (TPSA) is 39.1 Å². The molecular weight excluding hydrogens is 210 g/mol. The van der Waals surface area contributed by atoms with Crippen molar-refractivity contribution in [2.45, 2.75) is 25.8 Å². The molecule has 0 bridgehead atoms. The van der Waals surface area contributed by atoms with E-state index in [1.54, 1.807) is 0 Å². The summed E-state index contributed by atoms with van der Waals surface area (Å²) in [6.07, 6.45) is 2.36. The van der Waals surface area contributed by atoms with Crippen LogP contribution in [0.3, 0.4) is 0 Å². The molecule has 1 aromatic carbocycles. The van der Waals surface area contributed by atoms with Crippen LogP contribution >= 0.6 is 0 Å². The van der Waals surface area contributed by atoms with Gasteiger partial charge in [0.25, 0.3) is 0 Å². The van der Waals surface area contributed by atoms with E-state index in [0.717, 1.165) is 13.1 Å². The highest BCUT2D eigenvalue weighted by Crippen LogP contribution is 2.23. The van der Waals surface area contributed by atoms with Crippen LogP contribution in [0.2, 0.25) is 0 Å². The molecular formula is C14H19N3. The molecule has 0 aromatic heterocycles. The molecule has 1 aromatic rings. The van der Waals surface area contributed by atoms with Crippen molar-refractivity contribution in [1.82, 2.24) is 5.32 Å². The zero-order valence-corrected chi connectivity index (χ0v) is 10.3. The van der Waals surface area contributed by atoms with Crippen molar-refractivity contribution in [3.8, 4) is 6.07 Å². The van der Waals surface area contributed by atoms with E-state index in [4.69, 9.17) is 5.26 Å². The number of aryl methyl sites for hydroxylation is 1. The number of hydrogen-bond donors (Lipinski definition) is 1. The van der Waals surface area contributed by atoms with E-state index < -0.39 is 0 Å². The van der Waals surface area contributed by atoms with Crippen LogP contribution in [0.4, 0.5) is 5.69 Å². The number of piperidine rings is 1. The first kappa shape index (κ1) is 11.9. The highest BCUT2D eigenvalue weighted by Gasteiger charge is 2.20. The Labute approximate surface area is 103 Å². The van der Waals surface area contributed by atoms with Gasteiger partial charge in [0.05, 0.1) is 12.6 Å². The second-order valence-corrected chi connectivity index (χ2v) is 4.61. The lowest BCUT2D eigenvalue weighted by Gasteiger charge is -2.35. The first-order valence-corrected chi connectivity index (χ1v) is 6.22. The van der Waals surface area contributed by atoms with Gasteiger partial charge in [0.1, 0.15) is 0 Å². The Kier molecular flexibility index (Phi) is 4.00. The Hall–Kier alpha value is -1.53. The van der Waals surface area contributed by atoms with Gasteiger partial charge in [-0.1, -0.05) is 18.2 Å². The van der Waals surface area contributed by atoms with Crippen molar-refractivity contribution < 1.29 is 0 Å². The predicted molar refractivity (Wildman–Crippen MR) is 70.0 cm³/mol. The van der Waals surface area contributed by atoms with Gasteiger partial charge in [-0.3, -0.25) is 5.32 Å². The Morgan fingerprint density at radius 1 is 1.47 bits per heavy atom. The van der Waals surface area contributed by atoms with Gasteiger partial charge in [-0.05, 0) is 31.4 Å². The fourth-order valence-corrected chi connectivity index (χ4v) is 2.47. The molecule has 17 heavy (non-hydrogen) atoms. The van der Waals surface area contributed by atoms with Crippen molar-refractivity contribution >= 4 is 5.69 Å². The van der Waals surface area contributed by atoms with E-state index in [1.165, 1.54) is 24.1 Å². The van der Waals surface area contributed by atoms with Crippen LogP contribution in [0.5, 0.6) is 0 Å². The number of hydrogen-bond acceptors (Lipinski definition) is 3. The average molecular weight is 229 g/mol. The minimum Gasteiger partial charge on any atom is -0.370 e. The molecule has 1 aliphatic heterocycles. The van der Waals surface area contributed by atoms with Gasteiger partial charge in [-0.25, -0.2) is 0 Å². The monoisotopic (exact) mass is 229 g/mol. The van der Waals surface area contributed by atoms with Crippen molar-refractivity contribution in [3.05, 3.63) is 29.8 Å². The first-order chi connectivity index (χ1) is 8.31. The number of nitrogens with zero attached hydrogens (tertiary/aromatic N) is 2. The summed E-state index contributed by atoms with van der Waals surface area (Å²) >= 11 is 0. The van der Waals surface area contributed by atoms with Gasteiger partial charge in [0.2, 0.25) is 0 Å². The Morgan fingerprint density at radius 3 is 3.06 bits per heavy atom. The maximum absolute atomic E-state index is 8.60. The molecule has 1 heterocycles. The van der Waals surface area contributed by atoms with Crippen molar-refractivity contribution in [1.29, 1.82) is 5.26 Å². The van der Waals surface area contributed by atoms with E-state index in [9.17, 15) is 0 Å². The van der Waals surface area contributed by atoms with E-state index in [0.29, 0.717) is 12.6 Å². The molecule has 90 valence electrons. The van der Waals surface area contributed by atoms with E-state index in [1.807, 2.05) is 0 Å². The number of nitrogens with one attached hydrogen (secondary N) is 1. The number of rotatable bonds is 3. The quantitative estimate of drug-likeness (QED) is 0.807. The first-order valence-electron chi connectivity index (χ1n) is 6.22. The third-order valence-electron chi connectivity index (χ3n) is 3.35. The minimum atomic E-state index is 0.447. The molecule has 0 spiro atoms. The SMILES string of the molecule is Cc1ccccc1N1CCCC(NCC#N)C1. The molecule has 3 nitrogen and oxygen atoms in total. The number of nitriles is 1. The molecule has 1 N–H and O–H groups in total. The second kappa shape index (κ2) is 5.70. The molecule has 1 unspecified atom stereocenters. The van der Waals surface area contributed by atoms with Crippen LogP contribution in [0.1, 0.15) is 18.4 Å². The van der Waals surface area contributed by atoms with E-state index >= 15 is 0 Å². The normalized spacial score (nSPS) is 20.0. The van der Waals surface area contributed by atoms with Crippen LogP contribution in [0.15, 0.2) is 24.3 Å². The molecule has 3 heteroatoms. The molecule has 1 saturated heterocycles. The highest BCUT2D eigenvalue weighted by molar-refractivity contribution is 5.53. The van der Waals surface area contributed by atoms with E-state index in [2.05, 4.69) is 47.5 Å². The lowest BCUT2D eigenvalue weighted by Crippen LogP contribution is -2.46. The molecule has 0 radical (unpaired) electrons. The summed E-state index contributed by atoms with van der Waals surface area (Å²) in [5.41, 5.74) is 2.66. The van der Waals surface area contributed by atoms with Crippen molar-refractivity contribution in [3.63, 3.8) is 0 Å². The lowest BCUT2D eigenvalue weighted by atomic mass is 10.0. The largest absolute Gasteiger partial charge is 0.370 e. The van der Waals surface area contributed by atoms with Crippen LogP contribution in [0, 0.1) is 18.3 Å². The van der Waals surface area contributed by atoms with Gasteiger partial charge in [-0.15, -0.1) is 0 Å². The lowest BCUT2D eigenvalue weighted by molar-refractivity contribution is 0.439. The molecule has 0 aliphatic carbocycles. The van der Waals surface area contributed by atoms with Crippen LogP contribution in [0.25, 0.3) is 0 Å². The maximum atomic E-state index is 8.60. The fraction of sp³-hybridized carbons (Fsp3) is 0.500. The van der Waals surface area contributed by atoms with Gasteiger partial charge >= 0.3 is 0 Å². The zero-order valence-electron chi connectivity index (χ0n) is 10.3. The summed E-state index contributed by atoms with van der Waals surface area (Å²) in [5.74, 6) is 0. The Bertz CT molecular complexity index is 408. The Balaban J connectivity index is 2.02. The van der Waals surface area contributed by atoms with Crippen LogP contribution < -0.4 is 10.2 Å². The maximum Gasteiger partial charge on any atom is 0.0843 e. The van der Waals surface area contributed by atoms with Gasteiger partial charge in [0, 0.05) is 24.8 Å². The summed E-state index contributed by atoms with van der Waals surface area (Å²) in [4.78, 5) is 2.42. The molecule has 0 saturated carbocycles. The molecule has 1 atom stereocenters. The second-order valence-electron chi connectivity index (χ2n) is 4.61. The summed E-state index contributed by atoms with van der Waals surface area (Å²) in [7, 11) is 0. The summed E-state index contributed by atoms with van der Waals surface area (Å²) in [5, 5.41) is 11.9. The standard InChI is InChI=1S/C14H19N3/c1-12-5-2-3-7-14(12)17-10-4-6-13(11-17)16-9-8-15/h2-3,5,7,13,16H,4,6,9-11H2,1H3. The molecule has 2 rings (SSSR count). The van der Waals surface area contributed by atoms with Gasteiger partial charge in [-0.2, -0.15) is 5.26 Å². The summed E-state index contributed by atoms with van der Waals surface area (Å²) in [6.45, 7) is 4.73. The minimum absolute atomic E-state index is 0.447. The van der Waals surface area contributed by atoms with E-state index in [-0.39, 0.29) is 0 Å². The Morgan fingerprint density at radius 2 is 2.29 bits per heavy atom. The number of anilines is 1. The van der Waals surface area contributed by atoms with Gasteiger partial charge < -0.3 is 4.90 Å². The number of benzene rings is 1. The summed E-state index contributed by atoms with van der Waals surface area (Å²) < 4.78 is 0. The fourth-order valence-electron chi connectivity index (χ4n) is 2.47. The molecule has 1 fully saturated rings. The smallest absolute Gasteiger partial charge is 0.0843 e. The summed E-state index contributed by atoms with van der Waals surface area (Å²) in [6, 6.07) is 11.1. The van der Waals surface area contributed by atoms with Crippen LogP contribution in [-0.2, 0) is 0 Å². The van der Waals surface area contributed by atoms with Crippen molar-refractivity contribution in [2.24, 2.45) is 0 Å². The third-order valence-corrected chi connectivity index (χ3v) is 3.35. The van der Waals surface area contributed by atoms with Crippen LogP contribution in [-0.4, -0.2) is 25.7 Å². The third kappa shape index (κ3) is 2.98. The molecule has 0 amide bonds. The predicted octanol–water partition coefficient (Wildman–Crippen LogP) is 2.08. The van der Waals surface area contributed by atoms with Gasteiger partial charge in [0.15, 0.2) is 0 Å². The number of para-hydroxylation sites is 1.